The highest BCUT2D eigenvalue weighted by molar-refractivity contribution is 5.85. The molecule has 1 saturated heterocycles. The number of ether oxygens (including phenoxy) is 1. The van der Waals surface area contributed by atoms with Gasteiger partial charge in [0.05, 0.1) is 0 Å². The summed E-state index contributed by atoms with van der Waals surface area (Å²) in [5.41, 5.74) is 6.32. The predicted molar refractivity (Wildman–Crippen MR) is 42.3 cm³/mol. The van der Waals surface area contributed by atoms with Crippen LogP contribution in [-0.2, 0) is 4.74 Å². The molecule has 10 heavy (non-hydrogen) atoms. The SMILES string of the molecule is Cl.NC1CC12CCOCC2. The molecule has 0 aromatic heterocycles. The number of nitrogens with two attached hydrogens (primary N) is 1. The average molecular weight is 164 g/mol. The van der Waals surface area contributed by atoms with Crippen LogP contribution in [0.5, 0.6) is 0 Å². The van der Waals surface area contributed by atoms with E-state index in [9.17, 15) is 0 Å². The Hall–Kier alpha value is 0.210. The van der Waals surface area contributed by atoms with Gasteiger partial charge in [0.25, 0.3) is 0 Å². The summed E-state index contributed by atoms with van der Waals surface area (Å²) in [4.78, 5) is 0. The lowest BCUT2D eigenvalue weighted by Crippen LogP contribution is -2.23. The van der Waals surface area contributed by atoms with Gasteiger partial charge in [-0.1, -0.05) is 0 Å². The van der Waals surface area contributed by atoms with Gasteiger partial charge in [0.2, 0.25) is 0 Å². The van der Waals surface area contributed by atoms with E-state index in [-0.39, 0.29) is 12.4 Å². The maximum atomic E-state index is 5.78. The lowest BCUT2D eigenvalue weighted by molar-refractivity contribution is 0.0559. The summed E-state index contributed by atoms with van der Waals surface area (Å²) in [5.74, 6) is 0. The third-order valence-electron chi connectivity index (χ3n) is 2.74. The first kappa shape index (κ1) is 8.31. The lowest BCUT2D eigenvalue weighted by Gasteiger charge is -2.21. The third-order valence-corrected chi connectivity index (χ3v) is 2.74. The molecule has 1 unspecified atom stereocenters. The second-order valence-corrected chi connectivity index (χ2v) is 3.29. The maximum absolute atomic E-state index is 5.78. The summed E-state index contributed by atoms with van der Waals surface area (Å²) in [7, 11) is 0. The van der Waals surface area contributed by atoms with Crippen molar-refractivity contribution in [3.8, 4) is 0 Å². The number of hydrogen-bond donors (Lipinski definition) is 1. The molecule has 0 amide bonds. The first-order chi connectivity index (χ1) is 4.33. The van der Waals surface area contributed by atoms with Gasteiger partial charge in [-0.2, -0.15) is 0 Å². The molecule has 1 atom stereocenters. The molecule has 2 rings (SSSR count). The Bertz CT molecular complexity index is 123. The van der Waals surface area contributed by atoms with Crippen LogP contribution in [0.3, 0.4) is 0 Å². The van der Waals surface area contributed by atoms with Crippen LogP contribution >= 0.6 is 12.4 Å². The lowest BCUT2D eigenvalue weighted by atomic mass is 9.96. The van der Waals surface area contributed by atoms with Crippen molar-refractivity contribution < 1.29 is 4.74 Å². The first-order valence-electron chi connectivity index (χ1n) is 3.67. The fourth-order valence-electron chi connectivity index (χ4n) is 1.73. The minimum absolute atomic E-state index is 0. The molecule has 0 aromatic carbocycles. The van der Waals surface area contributed by atoms with E-state index in [2.05, 4.69) is 0 Å². The molecule has 2 aliphatic rings. The van der Waals surface area contributed by atoms with Crippen LogP contribution in [0, 0.1) is 5.41 Å². The van der Waals surface area contributed by atoms with Gasteiger partial charge in [0, 0.05) is 19.3 Å². The number of rotatable bonds is 0. The Balaban J connectivity index is 0.000000500. The van der Waals surface area contributed by atoms with Gasteiger partial charge >= 0.3 is 0 Å². The van der Waals surface area contributed by atoms with E-state index in [1.54, 1.807) is 0 Å². The van der Waals surface area contributed by atoms with Gasteiger partial charge in [-0.3, -0.25) is 0 Å². The molecule has 0 radical (unpaired) electrons. The summed E-state index contributed by atoms with van der Waals surface area (Å²) in [5, 5.41) is 0. The van der Waals surface area contributed by atoms with Crippen molar-refractivity contribution in [2.24, 2.45) is 11.1 Å². The minimum atomic E-state index is 0. The molecule has 2 nitrogen and oxygen atoms in total. The van der Waals surface area contributed by atoms with Crippen molar-refractivity contribution in [2.45, 2.75) is 25.3 Å². The van der Waals surface area contributed by atoms with E-state index in [0.29, 0.717) is 11.5 Å². The smallest absolute Gasteiger partial charge is 0.0471 e. The van der Waals surface area contributed by atoms with Crippen molar-refractivity contribution in [3.63, 3.8) is 0 Å². The van der Waals surface area contributed by atoms with Gasteiger partial charge in [-0.05, 0) is 24.7 Å². The van der Waals surface area contributed by atoms with Crippen molar-refractivity contribution in [1.29, 1.82) is 0 Å². The first-order valence-corrected chi connectivity index (χ1v) is 3.67. The Morgan fingerprint density at radius 2 is 1.80 bits per heavy atom. The molecular weight excluding hydrogens is 150 g/mol. The Morgan fingerprint density at radius 3 is 2.10 bits per heavy atom. The molecule has 1 spiro atoms. The second kappa shape index (κ2) is 2.68. The molecule has 1 heterocycles. The minimum Gasteiger partial charge on any atom is -0.381 e. The van der Waals surface area contributed by atoms with E-state index < -0.39 is 0 Å². The van der Waals surface area contributed by atoms with Gasteiger partial charge in [0.1, 0.15) is 0 Å². The van der Waals surface area contributed by atoms with E-state index >= 15 is 0 Å². The second-order valence-electron chi connectivity index (χ2n) is 3.29. The zero-order valence-corrected chi connectivity index (χ0v) is 6.82. The zero-order valence-electron chi connectivity index (χ0n) is 6.01. The van der Waals surface area contributed by atoms with Crippen LogP contribution in [0.25, 0.3) is 0 Å². The zero-order chi connectivity index (χ0) is 6.32. The summed E-state index contributed by atoms with van der Waals surface area (Å²) in [6.07, 6.45) is 3.65. The quantitative estimate of drug-likeness (QED) is 0.577. The van der Waals surface area contributed by atoms with E-state index in [0.717, 1.165) is 13.2 Å². The van der Waals surface area contributed by atoms with Crippen molar-refractivity contribution in [1.82, 2.24) is 0 Å². The molecule has 60 valence electrons. The number of hydrogen-bond acceptors (Lipinski definition) is 2. The van der Waals surface area contributed by atoms with Crippen molar-refractivity contribution in [3.05, 3.63) is 0 Å². The molecule has 1 aliphatic heterocycles. The molecule has 1 saturated carbocycles. The fourth-order valence-corrected chi connectivity index (χ4v) is 1.73. The molecule has 2 fully saturated rings. The monoisotopic (exact) mass is 163 g/mol. The van der Waals surface area contributed by atoms with E-state index in [4.69, 9.17) is 10.5 Å². The molecule has 2 N–H and O–H groups in total. The van der Waals surface area contributed by atoms with E-state index in [1.165, 1.54) is 19.3 Å². The van der Waals surface area contributed by atoms with Crippen LogP contribution in [0.2, 0.25) is 0 Å². The van der Waals surface area contributed by atoms with Gasteiger partial charge < -0.3 is 10.5 Å². The fraction of sp³-hybridized carbons (Fsp3) is 1.00. The molecule has 0 aromatic rings. The number of halogens is 1. The van der Waals surface area contributed by atoms with E-state index in [1.807, 2.05) is 0 Å². The Kier molecular flexibility index (Phi) is 2.23. The summed E-state index contributed by atoms with van der Waals surface area (Å²) < 4.78 is 5.24. The summed E-state index contributed by atoms with van der Waals surface area (Å²) in [6.45, 7) is 1.88. The van der Waals surface area contributed by atoms with Gasteiger partial charge in [0.15, 0.2) is 0 Å². The molecule has 3 heteroatoms. The summed E-state index contributed by atoms with van der Waals surface area (Å²) in [6, 6.07) is 0.501. The van der Waals surface area contributed by atoms with Crippen molar-refractivity contribution >= 4 is 12.4 Å². The van der Waals surface area contributed by atoms with Crippen LogP contribution in [0.4, 0.5) is 0 Å². The largest absolute Gasteiger partial charge is 0.381 e. The molecule has 0 bridgehead atoms. The maximum Gasteiger partial charge on any atom is 0.0471 e. The average Bonchev–Trinajstić information content (AvgIpc) is 2.44. The van der Waals surface area contributed by atoms with Crippen LogP contribution < -0.4 is 5.73 Å². The highest BCUT2D eigenvalue weighted by Gasteiger charge is 2.51. The third kappa shape index (κ3) is 1.16. The van der Waals surface area contributed by atoms with Crippen LogP contribution in [-0.4, -0.2) is 19.3 Å². The van der Waals surface area contributed by atoms with Gasteiger partial charge in [-0.25, -0.2) is 0 Å². The Morgan fingerprint density at radius 1 is 1.30 bits per heavy atom. The van der Waals surface area contributed by atoms with Crippen molar-refractivity contribution in [2.75, 3.05) is 13.2 Å². The highest BCUT2D eigenvalue weighted by atomic mass is 35.5. The Labute approximate surface area is 67.5 Å². The topological polar surface area (TPSA) is 35.2 Å². The standard InChI is InChI=1S/C7H13NO.ClH/c8-6-5-7(6)1-3-9-4-2-7;/h6H,1-5,8H2;1H. The molecule has 1 aliphatic carbocycles. The summed E-state index contributed by atoms with van der Waals surface area (Å²) >= 11 is 0. The van der Waals surface area contributed by atoms with Gasteiger partial charge in [-0.15, -0.1) is 12.4 Å². The van der Waals surface area contributed by atoms with Crippen LogP contribution in [0.1, 0.15) is 19.3 Å². The highest BCUT2D eigenvalue weighted by Crippen LogP contribution is 2.51. The predicted octanol–water partition coefficient (Wildman–Crippen LogP) is 0.936. The molecular formula is C7H14ClNO. The normalized spacial score (nSPS) is 35.1. The van der Waals surface area contributed by atoms with Crippen LogP contribution in [0.15, 0.2) is 0 Å².